The second-order valence-corrected chi connectivity index (χ2v) is 10.3. The Bertz CT molecular complexity index is 897. The Morgan fingerprint density at radius 3 is 2.30 bits per heavy atom. The van der Waals surface area contributed by atoms with Crippen LogP contribution in [0.2, 0.25) is 0 Å². The lowest BCUT2D eigenvalue weighted by Gasteiger charge is -2.57. The fourth-order valence-corrected chi connectivity index (χ4v) is 6.89. The number of carbonyl (C=O) groups is 1. The summed E-state index contributed by atoms with van der Waals surface area (Å²) in [7, 11) is 2.04. The predicted molar refractivity (Wildman–Crippen MR) is 118 cm³/mol. The molecule has 5 heteroatoms. The van der Waals surface area contributed by atoms with E-state index in [1.807, 2.05) is 29.9 Å². The summed E-state index contributed by atoms with van der Waals surface area (Å²) in [5, 5.41) is 8.25. The molecule has 4 fully saturated rings. The van der Waals surface area contributed by atoms with Crippen molar-refractivity contribution in [3.63, 3.8) is 0 Å². The maximum absolute atomic E-state index is 13.0. The molecule has 0 unspecified atom stereocenters. The molecule has 0 saturated heterocycles. The van der Waals surface area contributed by atoms with Gasteiger partial charge in [-0.2, -0.15) is 5.10 Å². The second-order valence-electron chi connectivity index (χ2n) is 10.3. The lowest BCUT2D eigenvalue weighted by atomic mass is 9.53. The second kappa shape index (κ2) is 7.52. The SMILES string of the molecule is Cc1nn(-c2ccccc2)c(C)c1CN(C)CC(=O)NC12CC3CC(CC(C3)C1)C2. The molecule has 0 spiro atoms. The van der Waals surface area contributed by atoms with Crippen LogP contribution in [0.3, 0.4) is 0 Å². The van der Waals surface area contributed by atoms with Crippen LogP contribution in [0.4, 0.5) is 0 Å². The highest BCUT2D eigenvalue weighted by atomic mass is 16.2. The molecule has 1 N–H and O–H groups in total. The van der Waals surface area contributed by atoms with E-state index in [4.69, 9.17) is 5.10 Å². The summed E-state index contributed by atoms with van der Waals surface area (Å²) in [6.07, 6.45) is 7.82. The first-order valence-electron chi connectivity index (χ1n) is 11.5. The molecule has 0 radical (unpaired) electrons. The minimum absolute atomic E-state index is 0.0939. The number of amides is 1. The standard InChI is InChI=1S/C25H34N4O/c1-17-23(18(2)29(27-17)22-7-5-4-6-8-22)15-28(3)16-24(30)26-25-12-19-9-20(13-25)11-21(10-19)14-25/h4-8,19-21H,9-16H2,1-3H3,(H,26,30). The van der Waals surface area contributed by atoms with Gasteiger partial charge in [-0.3, -0.25) is 9.69 Å². The fourth-order valence-electron chi connectivity index (χ4n) is 6.89. The molecule has 1 aromatic heterocycles. The van der Waals surface area contributed by atoms with E-state index in [0.29, 0.717) is 6.54 Å². The molecule has 1 amide bonds. The molecular weight excluding hydrogens is 372 g/mol. The molecule has 160 valence electrons. The first-order chi connectivity index (χ1) is 14.4. The predicted octanol–water partition coefficient (Wildman–Crippen LogP) is 4.01. The van der Waals surface area contributed by atoms with Gasteiger partial charge in [0.15, 0.2) is 0 Å². The van der Waals surface area contributed by atoms with Crippen LogP contribution in [0, 0.1) is 31.6 Å². The Balaban J connectivity index is 1.23. The minimum atomic E-state index is 0.0939. The maximum Gasteiger partial charge on any atom is 0.234 e. The number of hydrogen-bond acceptors (Lipinski definition) is 3. The smallest absolute Gasteiger partial charge is 0.234 e. The first kappa shape index (κ1) is 19.8. The van der Waals surface area contributed by atoms with Crippen molar-refractivity contribution >= 4 is 5.91 Å². The Labute approximate surface area is 179 Å². The van der Waals surface area contributed by atoms with Gasteiger partial charge in [0.2, 0.25) is 5.91 Å². The minimum Gasteiger partial charge on any atom is -0.350 e. The van der Waals surface area contributed by atoms with Crippen LogP contribution in [0.5, 0.6) is 0 Å². The number of benzene rings is 1. The topological polar surface area (TPSA) is 50.2 Å². The summed E-state index contributed by atoms with van der Waals surface area (Å²) in [6.45, 7) is 5.35. The highest BCUT2D eigenvalue weighted by molar-refractivity contribution is 5.79. The third kappa shape index (κ3) is 3.68. The molecule has 4 bridgehead atoms. The van der Waals surface area contributed by atoms with Crippen LogP contribution >= 0.6 is 0 Å². The molecule has 0 atom stereocenters. The van der Waals surface area contributed by atoms with E-state index in [0.717, 1.165) is 41.4 Å². The molecule has 1 aromatic carbocycles. The van der Waals surface area contributed by atoms with Crippen molar-refractivity contribution in [1.82, 2.24) is 20.0 Å². The van der Waals surface area contributed by atoms with E-state index in [1.165, 1.54) is 44.1 Å². The molecule has 4 aliphatic carbocycles. The quantitative estimate of drug-likeness (QED) is 0.789. The van der Waals surface area contributed by atoms with Crippen molar-refractivity contribution in [3.8, 4) is 5.69 Å². The van der Waals surface area contributed by atoms with Crippen molar-refractivity contribution in [2.75, 3.05) is 13.6 Å². The van der Waals surface area contributed by atoms with E-state index in [2.05, 4.69) is 36.2 Å². The van der Waals surface area contributed by atoms with Gasteiger partial charge in [0.25, 0.3) is 0 Å². The van der Waals surface area contributed by atoms with E-state index < -0.39 is 0 Å². The number of nitrogens with zero attached hydrogens (tertiary/aromatic N) is 3. The Kier molecular flexibility index (Phi) is 4.97. The molecule has 2 aromatic rings. The fraction of sp³-hybridized carbons (Fsp3) is 0.600. The zero-order chi connectivity index (χ0) is 20.9. The lowest BCUT2D eigenvalue weighted by molar-refractivity contribution is -0.127. The van der Waals surface area contributed by atoms with Gasteiger partial charge in [-0.15, -0.1) is 0 Å². The highest BCUT2D eigenvalue weighted by Crippen LogP contribution is 2.55. The largest absolute Gasteiger partial charge is 0.350 e. The molecule has 1 heterocycles. The van der Waals surface area contributed by atoms with Crippen molar-refractivity contribution < 1.29 is 4.79 Å². The van der Waals surface area contributed by atoms with Crippen LogP contribution < -0.4 is 5.32 Å². The van der Waals surface area contributed by atoms with Crippen molar-refractivity contribution in [1.29, 1.82) is 0 Å². The number of aromatic nitrogens is 2. The van der Waals surface area contributed by atoms with Gasteiger partial charge in [0.1, 0.15) is 0 Å². The normalized spacial score (nSPS) is 29.5. The first-order valence-corrected chi connectivity index (χ1v) is 11.5. The van der Waals surface area contributed by atoms with Gasteiger partial charge < -0.3 is 5.32 Å². The number of para-hydroxylation sites is 1. The van der Waals surface area contributed by atoms with Crippen molar-refractivity contribution in [2.45, 2.75) is 64.5 Å². The van der Waals surface area contributed by atoms with E-state index >= 15 is 0 Å². The molecule has 0 aliphatic heterocycles. The number of likely N-dealkylation sites (N-methyl/N-ethyl adjacent to an activating group) is 1. The summed E-state index contributed by atoms with van der Waals surface area (Å²) in [5.41, 5.74) is 4.56. The maximum atomic E-state index is 13.0. The molecule has 6 rings (SSSR count). The molecule has 5 nitrogen and oxygen atoms in total. The van der Waals surface area contributed by atoms with Gasteiger partial charge in [0.05, 0.1) is 17.9 Å². The average molecular weight is 407 g/mol. The zero-order valence-corrected chi connectivity index (χ0v) is 18.5. The summed E-state index contributed by atoms with van der Waals surface area (Å²) in [4.78, 5) is 15.1. The average Bonchev–Trinajstić information content (AvgIpc) is 2.95. The summed E-state index contributed by atoms with van der Waals surface area (Å²) in [5.74, 6) is 2.74. The molecule has 4 saturated carbocycles. The number of carbonyl (C=O) groups excluding carboxylic acids is 1. The van der Waals surface area contributed by atoms with Crippen LogP contribution in [-0.4, -0.2) is 39.7 Å². The van der Waals surface area contributed by atoms with E-state index in [-0.39, 0.29) is 11.4 Å². The Morgan fingerprint density at radius 1 is 1.10 bits per heavy atom. The number of aryl methyl sites for hydroxylation is 1. The number of rotatable bonds is 6. The molecular formula is C25H34N4O. The lowest BCUT2D eigenvalue weighted by Crippen LogP contribution is -2.60. The summed E-state index contributed by atoms with van der Waals surface area (Å²) < 4.78 is 2.01. The van der Waals surface area contributed by atoms with Crippen LogP contribution in [0.25, 0.3) is 5.69 Å². The number of nitrogens with one attached hydrogen (secondary N) is 1. The Hall–Kier alpha value is -2.14. The number of hydrogen-bond donors (Lipinski definition) is 1. The van der Waals surface area contributed by atoms with Crippen LogP contribution in [0.15, 0.2) is 30.3 Å². The Morgan fingerprint density at radius 2 is 1.70 bits per heavy atom. The van der Waals surface area contributed by atoms with Crippen LogP contribution in [0.1, 0.15) is 55.5 Å². The van der Waals surface area contributed by atoms with Crippen LogP contribution in [-0.2, 0) is 11.3 Å². The van der Waals surface area contributed by atoms with E-state index in [9.17, 15) is 4.79 Å². The van der Waals surface area contributed by atoms with E-state index in [1.54, 1.807) is 0 Å². The molecule has 4 aliphatic rings. The van der Waals surface area contributed by atoms with Gasteiger partial charge in [-0.1, -0.05) is 18.2 Å². The third-order valence-corrected chi connectivity index (χ3v) is 7.73. The highest BCUT2D eigenvalue weighted by Gasteiger charge is 2.51. The zero-order valence-electron chi connectivity index (χ0n) is 18.5. The third-order valence-electron chi connectivity index (χ3n) is 7.73. The summed E-state index contributed by atoms with van der Waals surface area (Å²) in [6, 6.07) is 10.2. The summed E-state index contributed by atoms with van der Waals surface area (Å²) >= 11 is 0. The van der Waals surface area contributed by atoms with Gasteiger partial charge in [-0.25, -0.2) is 4.68 Å². The van der Waals surface area contributed by atoms with Crippen molar-refractivity contribution in [3.05, 3.63) is 47.3 Å². The monoisotopic (exact) mass is 406 g/mol. The van der Waals surface area contributed by atoms with Gasteiger partial charge in [0, 0.05) is 23.3 Å². The van der Waals surface area contributed by atoms with Gasteiger partial charge in [-0.05, 0) is 89.3 Å². The molecule has 30 heavy (non-hydrogen) atoms. The van der Waals surface area contributed by atoms with Crippen molar-refractivity contribution in [2.24, 2.45) is 17.8 Å². The van der Waals surface area contributed by atoms with Gasteiger partial charge >= 0.3 is 0 Å².